The lowest BCUT2D eigenvalue weighted by atomic mass is 10.1. The van der Waals surface area contributed by atoms with Gasteiger partial charge >= 0.3 is 0 Å². The van der Waals surface area contributed by atoms with Crippen molar-refractivity contribution in [2.45, 2.75) is 13.0 Å². The van der Waals surface area contributed by atoms with E-state index in [1.54, 1.807) is 36.5 Å². The van der Waals surface area contributed by atoms with Gasteiger partial charge in [-0.2, -0.15) is 0 Å². The number of phenolic OH excluding ortho intramolecular Hbond substituents is 1. The fraction of sp³-hybridized carbons (Fsp3) is 0.316. The fourth-order valence-corrected chi connectivity index (χ4v) is 2.80. The molecule has 1 atom stereocenters. The zero-order valence-corrected chi connectivity index (χ0v) is 15.3. The standard InChI is InChI=1S/C19H22ClFN2O2/c1-4-25-17-10-5-7-13(19(17)24)11-22-12-16(23(2)3)18-14(20)8-6-9-15(18)21/h5-11,16,24H,4,12H2,1-3H3/t16-/m1/s1. The maximum atomic E-state index is 14.2. The molecule has 2 aromatic rings. The Kier molecular flexibility index (Phi) is 6.79. The monoisotopic (exact) mass is 364 g/mol. The Balaban J connectivity index is 2.23. The van der Waals surface area contributed by atoms with Crippen LogP contribution in [0.25, 0.3) is 0 Å². The number of hydrogen-bond acceptors (Lipinski definition) is 4. The van der Waals surface area contributed by atoms with Crippen molar-refractivity contribution in [2.24, 2.45) is 4.99 Å². The molecule has 0 bridgehead atoms. The maximum absolute atomic E-state index is 14.2. The van der Waals surface area contributed by atoms with E-state index >= 15 is 0 Å². The number of benzene rings is 2. The Labute approximate surface area is 152 Å². The summed E-state index contributed by atoms with van der Waals surface area (Å²) in [7, 11) is 3.69. The minimum absolute atomic E-state index is 0.0402. The molecule has 0 heterocycles. The zero-order chi connectivity index (χ0) is 18.4. The number of hydrogen-bond donors (Lipinski definition) is 1. The van der Waals surface area contributed by atoms with Crippen LogP contribution in [0.1, 0.15) is 24.1 Å². The van der Waals surface area contributed by atoms with Gasteiger partial charge < -0.3 is 14.7 Å². The fourth-order valence-electron chi connectivity index (χ4n) is 2.51. The van der Waals surface area contributed by atoms with Crippen LogP contribution in [0, 0.1) is 5.82 Å². The molecule has 6 heteroatoms. The van der Waals surface area contributed by atoms with Crippen LogP contribution in [0.4, 0.5) is 4.39 Å². The first kappa shape index (κ1) is 19.2. The third-order valence-electron chi connectivity index (χ3n) is 3.80. The van der Waals surface area contributed by atoms with Crippen molar-refractivity contribution in [2.75, 3.05) is 27.2 Å². The second-order valence-corrected chi connectivity index (χ2v) is 6.14. The van der Waals surface area contributed by atoms with Crippen LogP contribution in [0.2, 0.25) is 5.02 Å². The number of halogens is 2. The Bertz CT molecular complexity index is 730. The van der Waals surface area contributed by atoms with Gasteiger partial charge in [0.2, 0.25) is 0 Å². The smallest absolute Gasteiger partial charge is 0.166 e. The van der Waals surface area contributed by atoms with E-state index in [-0.39, 0.29) is 17.6 Å². The van der Waals surface area contributed by atoms with Gasteiger partial charge in [0.05, 0.1) is 19.2 Å². The van der Waals surface area contributed by atoms with Crippen LogP contribution in [0.15, 0.2) is 41.4 Å². The van der Waals surface area contributed by atoms with Crippen molar-refractivity contribution >= 4 is 17.8 Å². The van der Waals surface area contributed by atoms with Crippen molar-refractivity contribution in [1.82, 2.24) is 4.90 Å². The van der Waals surface area contributed by atoms with Gasteiger partial charge in [0, 0.05) is 22.4 Å². The van der Waals surface area contributed by atoms with Crippen LogP contribution in [-0.2, 0) is 0 Å². The second-order valence-electron chi connectivity index (χ2n) is 5.74. The summed E-state index contributed by atoms with van der Waals surface area (Å²) in [4.78, 5) is 6.24. The van der Waals surface area contributed by atoms with Crippen LogP contribution in [-0.4, -0.2) is 43.5 Å². The number of ether oxygens (including phenoxy) is 1. The predicted molar refractivity (Wildman–Crippen MR) is 99.6 cm³/mol. The largest absolute Gasteiger partial charge is 0.504 e. The molecule has 1 N–H and O–H groups in total. The summed E-state index contributed by atoms with van der Waals surface area (Å²) < 4.78 is 19.6. The summed E-state index contributed by atoms with van der Waals surface area (Å²) in [5, 5.41) is 10.6. The second kappa shape index (κ2) is 8.83. The molecule has 2 aromatic carbocycles. The number of phenols is 1. The van der Waals surface area contributed by atoms with Gasteiger partial charge in [-0.05, 0) is 45.3 Å². The highest BCUT2D eigenvalue weighted by molar-refractivity contribution is 6.31. The quantitative estimate of drug-likeness (QED) is 0.745. The lowest BCUT2D eigenvalue weighted by Gasteiger charge is -2.24. The SMILES string of the molecule is CCOc1cccc(C=NC[C@H](c2c(F)cccc2Cl)N(C)C)c1O. The van der Waals surface area contributed by atoms with E-state index in [4.69, 9.17) is 16.3 Å². The van der Waals surface area contributed by atoms with Crippen molar-refractivity contribution in [3.05, 3.63) is 58.4 Å². The third-order valence-corrected chi connectivity index (χ3v) is 4.12. The Hall–Kier alpha value is -2.11. The lowest BCUT2D eigenvalue weighted by Crippen LogP contribution is -2.24. The highest BCUT2D eigenvalue weighted by Crippen LogP contribution is 2.30. The first-order valence-corrected chi connectivity index (χ1v) is 8.38. The van der Waals surface area contributed by atoms with Gasteiger partial charge in [0.15, 0.2) is 11.5 Å². The van der Waals surface area contributed by atoms with Crippen LogP contribution in [0.5, 0.6) is 11.5 Å². The molecule has 0 aromatic heterocycles. The summed E-state index contributed by atoms with van der Waals surface area (Å²) in [6.45, 7) is 2.61. The van der Waals surface area contributed by atoms with Crippen LogP contribution < -0.4 is 4.74 Å². The topological polar surface area (TPSA) is 45.1 Å². The van der Waals surface area contributed by atoms with Crippen molar-refractivity contribution in [1.29, 1.82) is 0 Å². The Morgan fingerprint density at radius 3 is 2.64 bits per heavy atom. The van der Waals surface area contributed by atoms with E-state index in [1.807, 2.05) is 25.9 Å². The molecule has 2 rings (SSSR count). The first-order valence-electron chi connectivity index (χ1n) is 8.00. The maximum Gasteiger partial charge on any atom is 0.166 e. The molecule has 0 radical (unpaired) electrons. The number of rotatable bonds is 7. The van der Waals surface area contributed by atoms with Crippen LogP contribution >= 0.6 is 11.6 Å². The average Bonchev–Trinajstić information content (AvgIpc) is 2.56. The summed E-state index contributed by atoms with van der Waals surface area (Å²) >= 11 is 6.17. The van der Waals surface area contributed by atoms with Gasteiger partial charge in [-0.3, -0.25) is 4.99 Å². The van der Waals surface area contributed by atoms with E-state index < -0.39 is 0 Å². The molecule has 0 fully saturated rings. The third kappa shape index (κ3) is 4.71. The van der Waals surface area contributed by atoms with Gasteiger partial charge in [0.25, 0.3) is 0 Å². The van der Waals surface area contributed by atoms with Crippen molar-refractivity contribution in [3.63, 3.8) is 0 Å². The summed E-state index contributed by atoms with van der Waals surface area (Å²) in [6.07, 6.45) is 1.56. The van der Waals surface area contributed by atoms with E-state index in [0.717, 1.165) is 0 Å². The van der Waals surface area contributed by atoms with E-state index in [0.29, 0.717) is 35.1 Å². The molecule has 134 valence electrons. The molecule has 0 saturated carbocycles. The highest BCUT2D eigenvalue weighted by atomic mass is 35.5. The zero-order valence-electron chi connectivity index (χ0n) is 14.5. The average molecular weight is 365 g/mol. The Morgan fingerprint density at radius 1 is 1.28 bits per heavy atom. The minimum Gasteiger partial charge on any atom is -0.504 e. The number of para-hydroxylation sites is 1. The molecule has 0 aliphatic rings. The Morgan fingerprint density at radius 2 is 2.00 bits per heavy atom. The number of likely N-dealkylation sites (N-methyl/N-ethyl adjacent to an activating group) is 1. The van der Waals surface area contributed by atoms with E-state index in [1.165, 1.54) is 6.07 Å². The number of nitrogens with zero attached hydrogens (tertiary/aromatic N) is 2. The van der Waals surface area contributed by atoms with Gasteiger partial charge in [0.1, 0.15) is 5.82 Å². The molecule has 0 saturated heterocycles. The van der Waals surface area contributed by atoms with Crippen LogP contribution in [0.3, 0.4) is 0 Å². The molecular weight excluding hydrogens is 343 g/mol. The normalized spacial score (nSPS) is 12.7. The summed E-state index contributed by atoms with van der Waals surface area (Å²) in [6, 6.07) is 9.52. The van der Waals surface area contributed by atoms with E-state index in [9.17, 15) is 9.50 Å². The predicted octanol–water partition coefficient (Wildman–Crippen LogP) is 4.31. The molecule has 0 spiro atoms. The van der Waals surface area contributed by atoms with Gasteiger partial charge in [-0.25, -0.2) is 4.39 Å². The molecule has 0 aliphatic heterocycles. The molecule has 0 aliphatic carbocycles. The summed E-state index contributed by atoms with van der Waals surface area (Å²) in [5.74, 6) is 0.0915. The minimum atomic E-state index is -0.359. The molecular formula is C19H22ClFN2O2. The molecule has 4 nitrogen and oxygen atoms in total. The molecule has 0 amide bonds. The molecule has 25 heavy (non-hydrogen) atoms. The first-order chi connectivity index (χ1) is 12.0. The molecule has 0 unspecified atom stereocenters. The highest BCUT2D eigenvalue weighted by Gasteiger charge is 2.20. The van der Waals surface area contributed by atoms with Crippen molar-refractivity contribution < 1.29 is 14.2 Å². The number of aromatic hydroxyl groups is 1. The summed E-state index contributed by atoms with van der Waals surface area (Å²) in [5.41, 5.74) is 0.960. The van der Waals surface area contributed by atoms with Crippen molar-refractivity contribution in [3.8, 4) is 11.5 Å². The van der Waals surface area contributed by atoms with Gasteiger partial charge in [-0.1, -0.05) is 23.7 Å². The number of aliphatic imine (C=N–C) groups is 1. The van der Waals surface area contributed by atoms with Gasteiger partial charge in [-0.15, -0.1) is 0 Å². The van der Waals surface area contributed by atoms with E-state index in [2.05, 4.69) is 4.99 Å². The lowest BCUT2D eigenvalue weighted by molar-refractivity contribution is 0.299.